The van der Waals surface area contributed by atoms with E-state index in [9.17, 15) is 0 Å². The highest BCUT2D eigenvalue weighted by atomic mass is 14.2. The molecule has 2 aromatic rings. The Hall–Kier alpha value is -1.43. The smallest absolute Gasteiger partial charge is 0.0697 e. The predicted octanol–water partition coefficient (Wildman–Crippen LogP) is 5.82. The summed E-state index contributed by atoms with van der Waals surface area (Å²) in [5.41, 5.74) is 7.34. The van der Waals surface area contributed by atoms with E-state index in [-0.39, 0.29) is 0 Å². The molecule has 0 N–H and O–H groups in total. The molecule has 0 amide bonds. The fourth-order valence-electron chi connectivity index (χ4n) is 5.39. The van der Waals surface area contributed by atoms with E-state index in [1.165, 1.54) is 68.1 Å². The molecule has 0 aliphatic heterocycles. The number of hydrogen-bond donors (Lipinski definition) is 0. The van der Waals surface area contributed by atoms with E-state index in [1.54, 1.807) is 11.1 Å². The molecule has 2 heteroatoms. The lowest BCUT2D eigenvalue weighted by molar-refractivity contribution is 0.444. The summed E-state index contributed by atoms with van der Waals surface area (Å²) in [7, 11) is 4.81. The maximum atomic E-state index is 2.46. The zero-order chi connectivity index (χ0) is 18.8. The molecule has 2 saturated carbocycles. The molecule has 2 fully saturated rings. The Labute approximate surface area is 168 Å². The van der Waals surface area contributed by atoms with E-state index in [4.69, 9.17) is 0 Å². The highest BCUT2D eigenvalue weighted by Gasteiger charge is 2.21. The monoisotopic (exact) mass is 356 g/mol. The van der Waals surface area contributed by atoms with Gasteiger partial charge in [-0.2, -0.15) is 0 Å². The summed E-state index contributed by atoms with van der Waals surface area (Å²) in [6.07, 6.45) is 11.1. The van der Waals surface area contributed by atoms with Crippen molar-refractivity contribution >= 4 is 15.7 Å². The topological polar surface area (TPSA) is 0 Å². The Morgan fingerprint density at radius 3 is 1.63 bits per heavy atom. The fraction of sp³-hybridized carbons (Fsp3) is 0.520. The molecule has 0 spiro atoms. The summed E-state index contributed by atoms with van der Waals surface area (Å²) in [6.45, 7) is 2.29. The summed E-state index contributed by atoms with van der Waals surface area (Å²) in [5.74, 6) is 3.42. The molecule has 140 valence electrons. The van der Waals surface area contributed by atoms with Crippen molar-refractivity contribution in [1.29, 1.82) is 0 Å². The van der Waals surface area contributed by atoms with E-state index < -0.39 is 0 Å². The lowest BCUT2D eigenvalue weighted by atomic mass is 9.70. The molecule has 4 rings (SSSR count). The average Bonchev–Trinajstić information content (AvgIpc) is 2.69. The van der Waals surface area contributed by atoms with Gasteiger partial charge in [-0.1, -0.05) is 79.8 Å². The van der Waals surface area contributed by atoms with Crippen LogP contribution in [0.3, 0.4) is 0 Å². The van der Waals surface area contributed by atoms with Crippen molar-refractivity contribution in [2.75, 3.05) is 0 Å². The lowest BCUT2D eigenvalue weighted by Gasteiger charge is -2.27. The van der Waals surface area contributed by atoms with Crippen LogP contribution in [0.1, 0.15) is 79.9 Å². The van der Waals surface area contributed by atoms with Gasteiger partial charge in [0.15, 0.2) is 0 Å². The first-order valence-corrected chi connectivity index (χ1v) is 11.3. The van der Waals surface area contributed by atoms with Gasteiger partial charge in [0.2, 0.25) is 0 Å². The predicted molar refractivity (Wildman–Crippen MR) is 124 cm³/mol. The molecule has 0 nitrogen and oxygen atoms in total. The van der Waals surface area contributed by atoms with Crippen molar-refractivity contribution in [3.8, 4) is 11.1 Å². The highest BCUT2D eigenvalue weighted by Crippen LogP contribution is 2.39. The van der Waals surface area contributed by atoms with Crippen molar-refractivity contribution in [3.63, 3.8) is 0 Å². The molecule has 0 saturated heterocycles. The number of rotatable bonds is 3. The van der Waals surface area contributed by atoms with E-state index in [0.29, 0.717) is 0 Å². The van der Waals surface area contributed by atoms with Crippen molar-refractivity contribution < 1.29 is 0 Å². The second-order valence-electron chi connectivity index (χ2n) is 9.61. The fourth-order valence-corrected chi connectivity index (χ4v) is 5.39. The Kier molecular flexibility index (Phi) is 5.81. The van der Waals surface area contributed by atoms with E-state index in [1.807, 2.05) is 0 Å². The Balaban J connectivity index is 1.48. The van der Waals surface area contributed by atoms with Crippen molar-refractivity contribution in [3.05, 3.63) is 59.2 Å². The summed E-state index contributed by atoms with van der Waals surface area (Å²) in [4.78, 5) is 0. The van der Waals surface area contributed by atoms with Crippen LogP contribution in [0.2, 0.25) is 11.6 Å². The van der Waals surface area contributed by atoms with Gasteiger partial charge in [0.05, 0.1) is 0 Å². The molecular weight excluding hydrogens is 322 g/mol. The third kappa shape index (κ3) is 4.36. The molecule has 0 heterocycles. The van der Waals surface area contributed by atoms with Crippen LogP contribution in [0.4, 0.5) is 0 Å². The molecule has 0 aromatic heterocycles. The minimum Gasteiger partial charge on any atom is -0.0697 e. The molecule has 27 heavy (non-hydrogen) atoms. The zero-order valence-electron chi connectivity index (χ0n) is 17.5. The number of benzene rings is 2. The third-order valence-electron chi connectivity index (χ3n) is 7.45. The van der Waals surface area contributed by atoms with Gasteiger partial charge in [-0.3, -0.25) is 0 Å². The zero-order valence-corrected chi connectivity index (χ0v) is 17.5. The lowest BCUT2D eigenvalue weighted by Crippen LogP contribution is -2.10. The van der Waals surface area contributed by atoms with Crippen LogP contribution in [0, 0.1) is 6.92 Å². The van der Waals surface area contributed by atoms with Crippen molar-refractivity contribution in [2.45, 2.75) is 81.8 Å². The minimum atomic E-state index is 0.782. The largest absolute Gasteiger partial charge is 0.105 e. The molecule has 2 aliphatic carbocycles. The van der Waals surface area contributed by atoms with Crippen LogP contribution in [0.15, 0.2) is 42.5 Å². The minimum absolute atomic E-state index is 0.782. The first kappa shape index (κ1) is 18.9. The van der Waals surface area contributed by atoms with Gasteiger partial charge in [0.25, 0.3) is 0 Å². The SMILES string of the molecule is BC1CCC(c2ccc(-c3ccc(C4CCC(B)CC4)cc3C)cc2)CC1. The van der Waals surface area contributed by atoms with Crippen LogP contribution >= 0.6 is 0 Å². The maximum Gasteiger partial charge on any atom is 0.105 e. The Morgan fingerprint density at radius 1 is 0.630 bits per heavy atom. The molecule has 0 atom stereocenters. The highest BCUT2D eigenvalue weighted by molar-refractivity contribution is 6.11. The molecule has 2 aliphatic rings. The van der Waals surface area contributed by atoms with Crippen LogP contribution in [-0.4, -0.2) is 15.7 Å². The quantitative estimate of drug-likeness (QED) is 0.608. The van der Waals surface area contributed by atoms with Gasteiger partial charge in [0.1, 0.15) is 15.7 Å². The Bertz CT molecular complexity index is 748. The van der Waals surface area contributed by atoms with Gasteiger partial charge in [-0.25, -0.2) is 0 Å². The molecular formula is C25H34B2. The van der Waals surface area contributed by atoms with Gasteiger partial charge in [0, 0.05) is 0 Å². The van der Waals surface area contributed by atoms with Gasteiger partial charge in [-0.05, 0) is 72.3 Å². The van der Waals surface area contributed by atoms with Crippen molar-refractivity contribution in [1.82, 2.24) is 0 Å². The second kappa shape index (κ2) is 8.29. The summed E-state index contributed by atoms with van der Waals surface area (Å²) in [6, 6.07) is 16.7. The third-order valence-corrected chi connectivity index (χ3v) is 7.45. The van der Waals surface area contributed by atoms with Crippen molar-refractivity contribution in [2.24, 2.45) is 0 Å². The average molecular weight is 356 g/mol. The van der Waals surface area contributed by atoms with Crippen LogP contribution in [-0.2, 0) is 0 Å². The van der Waals surface area contributed by atoms with E-state index in [2.05, 4.69) is 65.1 Å². The van der Waals surface area contributed by atoms with Gasteiger partial charge in [-0.15, -0.1) is 0 Å². The normalized spacial score (nSPS) is 28.8. The van der Waals surface area contributed by atoms with Crippen LogP contribution in [0.5, 0.6) is 0 Å². The summed E-state index contributed by atoms with van der Waals surface area (Å²) in [5, 5.41) is 0. The van der Waals surface area contributed by atoms with Gasteiger partial charge >= 0.3 is 0 Å². The summed E-state index contributed by atoms with van der Waals surface area (Å²) >= 11 is 0. The van der Waals surface area contributed by atoms with Crippen LogP contribution in [0.25, 0.3) is 11.1 Å². The summed E-state index contributed by atoms with van der Waals surface area (Å²) < 4.78 is 0. The molecule has 0 unspecified atom stereocenters. The number of aryl methyl sites for hydroxylation is 1. The second-order valence-corrected chi connectivity index (χ2v) is 9.61. The molecule has 0 bridgehead atoms. The van der Waals surface area contributed by atoms with Gasteiger partial charge < -0.3 is 0 Å². The van der Waals surface area contributed by atoms with Crippen LogP contribution < -0.4 is 0 Å². The standard InChI is InChI=1S/C25H34B2/c1-17-16-22(20-8-13-24(27)14-9-20)10-15-25(17)21-4-2-18(3-5-21)19-6-11-23(26)12-7-19/h2-5,10,15-16,19-20,23-24H,6-9,11-14,26-27H2,1H3. The number of hydrogen-bond acceptors (Lipinski definition) is 0. The Morgan fingerprint density at radius 2 is 1.11 bits per heavy atom. The first-order chi connectivity index (χ1) is 13.1. The van der Waals surface area contributed by atoms with E-state index >= 15 is 0 Å². The molecule has 0 radical (unpaired) electrons. The first-order valence-electron chi connectivity index (χ1n) is 11.3. The maximum absolute atomic E-state index is 2.46. The van der Waals surface area contributed by atoms with E-state index in [0.717, 1.165) is 23.5 Å². The molecule has 2 aromatic carbocycles.